The van der Waals surface area contributed by atoms with Crippen molar-refractivity contribution in [3.63, 3.8) is 0 Å². The monoisotopic (exact) mass is 496 g/mol. The van der Waals surface area contributed by atoms with Crippen LogP contribution in [0, 0.1) is 5.92 Å². The van der Waals surface area contributed by atoms with E-state index in [1.54, 1.807) is 13.8 Å². The molecule has 13 heteroatoms. The topological polar surface area (TPSA) is 228 Å². The van der Waals surface area contributed by atoms with E-state index in [1.807, 2.05) is 0 Å². The lowest BCUT2D eigenvalue weighted by Crippen LogP contribution is -2.61. The first-order valence-electron chi connectivity index (χ1n) is 10.8. The summed E-state index contributed by atoms with van der Waals surface area (Å²) < 4.78 is 0. The second kappa shape index (κ2) is 13.2. The maximum atomic E-state index is 12.8. The fourth-order valence-corrected chi connectivity index (χ4v) is 3.05. The average molecular weight is 497 g/mol. The quantitative estimate of drug-likeness (QED) is 0.154. The number of nitrogens with one attached hydrogen (secondary N) is 3. The number of amides is 3. The lowest BCUT2D eigenvalue weighted by Gasteiger charge is -2.28. The molecule has 35 heavy (non-hydrogen) atoms. The smallest absolute Gasteiger partial charge is 0.326 e. The maximum Gasteiger partial charge on any atom is 0.326 e. The summed E-state index contributed by atoms with van der Waals surface area (Å²) in [5, 5.41) is 44.6. The van der Waals surface area contributed by atoms with Crippen molar-refractivity contribution in [3.05, 3.63) is 29.8 Å². The summed E-state index contributed by atoms with van der Waals surface area (Å²) in [5.74, 6) is -5.91. The molecule has 194 valence electrons. The molecular weight excluding hydrogens is 464 g/mol. The summed E-state index contributed by atoms with van der Waals surface area (Å²) in [7, 11) is 0. The summed E-state index contributed by atoms with van der Waals surface area (Å²) in [6.45, 7) is 4.39. The minimum atomic E-state index is -1.56. The van der Waals surface area contributed by atoms with E-state index in [0.717, 1.165) is 0 Å². The van der Waals surface area contributed by atoms with E-state index in [2.05, 4.69) is 16.0 Å². The minimum Gasteiger partial charge on any atom is -0.508 e. The lowest BCUT2D eigenvalue weighted by molar-refractivity contribution is -0.143. The first-order valence-corrected chi connectivity index (χ1v) is 10.8. The second-order valence-electron chi connectivity index (χ2n) is 8.43. The van der Waals surface area contributed by atoms with Gasteiger partial charge in [0.15, 0.2) is 0 Å². The number of benzene rings is 1. The van der Waals surface area contributed by atoms with Crippen LogP contribution in [0.4, 0.5) is 0 Å². The molecule has 5 atom stereocenters. The van der Waals surface area contributed by atoms with Gasteiger partial charge in [0.05, 0.1) is 18.6 Å². The Hall–Kier alpha value is -3.71. The highest BCUT2D eigenvalue weighted by atomic mass is 16.4. The molecule has 1 aromatic rings. The number of hydrogen-bond donors (Lipinski definition) is 8. The molecule has 0 saturated carbocycles. The summed E-state index contributed by atoms with van der Waals surface area (Å²) in [4.78, 5) is 60.2. The highest BCUT2D eigenvalue weighted by Gasteiger charge is 2.34. The van der Waals surface area contributed by atoms with Crippen molar-refractivity contribution in [2.45, 2.75) is 63.9 Å². The number of hydrogen-bond acceptors (Lipinski definition) is 8. The van der Waals surface area contributed by atoms with Gasteiger partial charge < -0.3 is 42.1 Å². The molecule has 0 radical (unpaired) electrons. The van der Waals surface area contributed by atoms with Gasteiger partial charge in [-0.3, -0.25) is 19.2 Å². The number of carbonyl (C=O) groups excluding carboxylic acids is 3. The van der Waals surface area contributed by atoms with E-state index in [9.17, 15) is 39.3 Å². The highest BCUT2D eigenvalue weighted by Crippen LogP contribution is 2.12. The Morgan fingerprint density at radius 3 is 1.83 bits per heavy atom. The molecule has 0 aliphatic carbocycles. The zero-order valence-electron chi connectivity index (χ0n) is 19.6. The van der Waals surface area contributed by atoms with Crippen molar-refractivity contribution in [1.82, 2.24) is 16.0 Å². The van der Waals surface area contributed by atoms with Crippen LogP contribution in [0.25, 0.3) is 0 Å². The van der Waals surface area contributed by atoms with E-state index in [-0.39, 0.29) is 12.2 Å². The number of carboxylic acids is 2. The Balaban J connectivity index is 2.94. The second-order valence-corrected chi connectivity index (χ2v) is 8.43. The van der Waals surface area contributed by atoms with Crippen molar-refractivity contribution < 1.29 is 44.4 Å². The fourth-order valence-electron chi connectivity index (χ4n) is 3.05. The molecule has 1 aromatic carbocycles. The van der Waals surface area contributed by atoms with Crippen LogP contribution < -0.4 is 21.7 Å². The van der Waals surface area contributed by atoms with E-state index in [0.29, 0.717) is 5.56 Å². The third kappa shape index (κ3) is 9.59. The van der Waals surface area contributed by atoms with E-state index >= 15 is 0 Å². The first-order chi connectivity index (χ1) is 16.2. The van der Waals surface area contributed by atoms with Crippen LogP contribution in [-0.4, -0.2) is 80.4 Å². The molecule has 0 fully saturated rings. The van der Waals surface area contributed by atoms with Gasteiger partial charge in [-0.25, -0.2) is 4.79 Å². The van der Waals surface area contributed by atoms with Gasteiger partial charge in [-0.1, -0.05) is 26.0 Å². The molecule has 13 nitrogen and oxygen atoms in total. The molecule has 3 amide bonds. The van der Waals surface area contributed by atoms with Crippen molar-refractivity contribution >= 4 is 29.7 Å². The van der Waals surface area contributed by atoms with Gasteiger partial charge in [-0.15, -0.1) is 0 Å². The van der Waals surface area contributed by atoms with Gasteiger partial charge >= 0.3 is 11.9 Å². The standard InChI is InChI=1S/C22H32N4O9/c1-10(2)17(25-19(31)14(23)9-16(29)30)20(32)26-18(11(3)27)21(33)24-15(22(34)35)8-12-4-6-13(28)7-5-12/h4-7,10-11,14-15,17-18,27-28H,8-9,23H2,1-3H3,(H,24,33)(H,25,31)(H,26,32)(H,29,30)(H,34,35). The van der Waals surface area contributed by atoms with Crippen LogP contribution in [0.3, 0.4) is 0 Å². The Morgan fingerprint density at radius 2 is 1.37 bits per heavy atom. The Labute approximate surface area is 201 Å². The van der Waals surface area contributed by atoms with Gasteiger partial charge in [0.2, 0.25) is 17.7 Å². The number of rotatable bonds is 13. The molecule has 9 N–H and O–H groups in total. The number of nitrogens with two attached hydrogens (primary N) is 1. The van der Waals surface area contributed by atoms with Crippen LogP contribution in [0.1, 0.15) is 32.8 Å². The Morgan fingerprint density at radius 1 is 0.857 bits per heavy atom. The zero-order chi connectivity index (χ0) is 26.9. The first kappa shape index (κ1) is 29.3. The van der Waals surface area contributed by atoms with Gasteiger partial charge in [0, 0.05) is 6.42 Å². The van der Waals surface area contributed by atoms with Crippen LogP contribution >= 0.6 is 0 Å². The number of phenolic OH excluding ortho intramolecular Hbond substituents is 1. The number of aliphatic hydroxyl groups excluding tert-OH is 1. The van der Waals surface area contributed by atoms with Crippen LogP contribution in [0.5, 0.6) is 5.75 Å². The number of aromatic hydroxyl groups is 1. The Bertz CT molecular complexity index is 918. The van der Waals surface area contributed by atoms with E-state index in [1.165, 1.54) is 31.2 Å². The van der Waals surface area contributed by atoms with E-state index in [4.69, 9.17) is 10.8 Å². The molecular formula is C22H32N4O9. The zero-order valence-corrected chi connectivity index (χ0v) is 19.6. The largest absolute Gasteiger partial charge is 0.508 e. The predicted octanol–water partition coefficient (Wildman–Crippen LogP) is -1.69. The summed E-state index contributed by atoms with van der Waals surface area (Å²) >= 11 is 0. The third-order valence-electron chi connectivity index (χ3n) is 5.03. The maximum absolute atomic E-state index is 12.8. The van der Waals surface area contributed by atoms with Crippen molar-refractivity contribution in [3.8, 4) is 5.75 Å². The van der Waals surface area contributed by atoms with Crippen molar-refractivity contribution in [1.29, 1.82) is 0 Å². The minimum absolute atomic E-state index is 0.0164. The summed E-state index contributed by atoms with van der Waals surface area (Å²) in [5.41, 5.74) is 6.03. The van der Waals surface area contributed by atoms with Gasteiger partial charge in [-0.05, 0) is 30.5 Å². The molecule has 5 unspecified atom stereocenters. The average Bonchev–Trinajstić information content (AvgIpc) is 2.75. The van der Waals surface area contributed by atoms with Crippen LogP contribution in [0.15, 0.2) is 24.3 Å². The normalized spacial score (nSPS) is 15.3. The molecule has 0 aliphatic rings. The SMILES string of the molecule is CC(C)C(NC(=O)C(N)CC(=O)O)C(=O)NC(C(=O)NC(Cc1ccc(O)cc1)C(=O)O)C(C)O. The highest BCUT2D eigenvalue weighted by molar-refractivity contribution is 5.95. The van der Waals surface area contributed by atoms with E-state index < -0.39 is 72.3 Å². The number of carboxylic acid groups (broad SMARTS) is 2. The Kier molecular flexibility index (Phi) is 11.1. The number of phenols is 1. The van der Waals surface area contributed by atoms with Crippen LogP contribution in [-0.2, 0) is 30.4 Å². The molecule has 1 rings (SSSR count). The molecule has 0 bridgehead atoms. The molecule has 0 saturated heterocycles. The van der Waals surface area contributed by atoms with Gasteiger partial charge in [0.1, 0.15) is 23.9 Å². The number of aliphatic carboxylic acids is 2. The number of aliphatic hydroxyl groups is 1. The number of carbonyl (C=O) groups is 5. The molecule has 0 aromatic heterocycles. The molecule has 0 aliphatic heterocycles. The third-order valence-corrected chi connectivity index (χ3v) is 5.03. The summed E-state index contributed by atoms with van der Waals surface area (Å²) in [6, 6.07) is 0.0918. The summed E-state index contributed by atoms with van der Waals surface area (Å²) in [6.07, 6.45) is -2.22. The van der Waals surface area contributed by atoms with Crippen molar-refractivity contribution in [2.75, 3.05) is 0 Å². The lowest BCUT2D eigenvalue weighted by atomic mass is 10.0. The molecule has 0 spiro atoms. The molecule has 0 heterocycles. The van der Waals surface area contributed by atoms with Crippen molar-refractivity contribution in [2.24, 2.45) is 11.7 Å². The fraction of sp³-hybridized carbons (Fsp3) is 0.500. The van der Waals surface area contributed by atoms with Gasteiger partial charge in [-0.2, -0.15) is 0 Å². The predicted molar refractivity (Wildman–Crippen MR) is 122 cm³/mol. The van der Waals surface area contributed by atoms with Crippen LogP contribution in [0.2, 0.25) is 0 Å². The van der Waals surface area contributed by atoms with Gasteiger partial charge in [0.25, 0.3) is 0 Å².